The van der Waals surface area contributed by atoms with Crippen molar-refractivity contribution < 1.29 is 4.79 Å². The van der Waals surface area contributed by atoms with Gasteiger partial charge in [0.2, 0.25) is 5.91 Å². The Morgan fingerprint density at radius 3 is 2.48 bits per heavy atom. The van der Waals surface area contributed by atoms with Gasteiger partial charge < -0.3 is 10.6 Å². The predicted octanol–water partition coefficient (Wildman–Crippen LogP) is 5.20. The van der Waals surface area contributed by atoms with Gasteiger partial charge in [0, 0.05) is 10.7 Å². The minimum absolute atomic E-state index is 0.119. The zero-order valence-corrected chi connectivity index (χ0v) is 13.7. The summed E-state index contributed by atoms with van der Waals surface area (Å²) in [6, 6.07) is 18.9. The van der Waals surface area contributed by atoms with E-state index < -0.39 is 0 Å². The molecule has 0 aliphatic rings. The Bertz CT molecular complexity index is 865. The zero-order chi connectivity index (χ0) is 16.2. The summed E-state index contributed by atoms with van der Waals surface area (Å²) in [5.74, 6) is -0.147. The first-order valence-corrected chi connectivity index (χ1v) is 7.85. The molecule has 0 aliphatic carbocycles. The number of fused-ring (bicyclic) bond motifs is 1. The van der Waals surface area contributed by atoms with E-state index >= 15 is 0 Å². The van der Waals surface area contributed by atoms with Crippen molar-refractivity contribution in [2.75, 3.05) is 17.2 Å². The van der Waals surface area contributed by atoms with Gasteiger partial charge in [0.15, 0.2) is 0 Å². The molecule has 0 aliphatic heterocycles. The Kier molecular flexibility index (Phi) is 4.70. The summed E-state index contributed by atoms with van der Waals surface area (Å²) in [5, 5.41) is 9.12. The molecule has 1 amide bonds. The lowest BCUT2D eigenvalue weighted by molar-refractivity contribution is -0.114. The van der Waals surface area contributed by atoms with Crippen molar-refractivity contribution in [2.45, 2.75) is 0 Å². The first-order valence-electron chi connectivity index (χ1n) is 7.09. The van der Waals surface area contributed by atoms with E-state index in [4.69, 9.17) is 23.2 Å². The Morgan fingerprint density at radius 1 is 0.913 bits per heavy atom. The fraction of sp³-hybridized carbons (Fsp3) is 0.0556. The molecule has 0 radical (unpaired) electrons. The molecule has 5 heteroatoms. The van der Waals surface area contributed by atoms with Crippen LogP contribution in [0.2, 0.25) is 10.0 Å². The minimum atomic E-state index is -0.147. The number of halogens is 2. The van der Waals surface area contributed by atoms with Crippen LogP contribution in [0, 0.1) is 0 Å². The van der Waals surface area contributed by atoms with Gasteiger partial charge in [-0.25, -0.2) is 0 Å². The monoisotopic (exact) mass is 344 g/mol. The van der Waals surface area contributed by atoms with Gasteiger partial charge >= 0.3 is 0 Å². The molecule has 0 bridgehead atoms. The van der Waals surface area contributed by atoms with Crippen molar-refractivity contribution in [1.82, 2.24) is 0 Å². The molecular weight excluding hydrogens is 331 g/mol. The van der Waals surface area contributed by atoms with Crippen LogP contribution in [-0.4, -0.2) is 12.5 Å². The summed E-state index contributed by atoms with van der Waals surface area (Å²) >= 11 is 11.9. The number of hydrogen-bond acceptors (Lipinski definition) is 2. The van der Waals surface area contributed by atoms with E-state index in [0.717, 1.165) is 16.5 Å². The van der Waals surface area contributed by atoms with Crippen LogP contribution in [0.1, 0.15) is 0 Å². The second-order valence-electron chi connectivity index (χ2n) is 5.09. The van der Waals surface area contributed by atoms with Gasteiger partial charge in [0.25, 0.3) is 0 Å². The summed E-state index contributed by atoms with van der Waals surface area (Å²) in [7, 11) is 0. The molecule has 3 rings (SSSR count). The minimum Gasteiger partial charge on any atom is -0.375 e. The first kappa shape index (κ1) is 15.7. The lowest BCUT2D eigenvalue weighted by Gasteiger charge is -2.10. The van der Waals surface area contributed by atoms with E-state index in [1.165, 1.54) is 0 Å². The Labute approximate surface area is 144 Å². The largest absolute Gasteiger partial charge is 0.375 e. The molecule has 23 heavy (non-hydrogen) atoms. The summed E-state index contributed by atoms with van der Waals surface area (Å²) in [6.45, 7) is 0.119. The molecule has 0 heterocycles. The summed E-state index contributed by atoms with van der Waals surface area (Å²) in [4.78, 5) is 12.1. The van der Waals surface area contributed by atoms with Crippen LogP contribution in [-0.2, 0) is 4.79 Å². The molecule has 3 aromatic rings. The van der Waals surface area contributed by atoms with E-state index in [-0.39, 0.29) is 12.5 Å². The van der Waals surface area contributed by atoms with Crippen LogP contribution in [0.4, 0.5) is 11.4 Å². The Balaban J connectivity index is 1.64. The second kappa shape index (κ2) is 6.90. The van der Waals surface area contributed by atoms with Crippen LogP contribution >= 0.6 is 23.2 Å². The van der Waals surface area contributed by atoms with E-state index in [9.17, 15) is 4.79 Å². The first-order chi connectivity index (χ1) is 11.1. The summed E-state index contributed by atoms with van der Waals surface area (Å²) < 4.78 is 0. The van der Waals surface area contributed by atoms with Crippen molar-refractivity contribution in [1.29, 1.82) is 0 Å². The smallest absolute Gasteiger partial charge is 0.243 e. The molecule has 0 unspecified atom stereocenters. The van der Waals surface area contributed by atoms with Gasteiger partial charge in [0.1, 0.15) is 0 Å². The number of nitrogens with one attached hydrogen (secondary N) is 2. The summed E-state index contributed by atoms with van der Waals surface area (Å²) in [6.07, 6.45) is 0. The Morgan fingerprint density at radius 2 is 1.70 bits per heavy atom. The number of rotatable bonds is 4. The maximum absolute atomic E-state index is 12.1. The standard InChI is InChI=1S/C18H14Cl2N2O/c19-14-6-8-17(16(20)10-14)21-11-18(23)22-15-7-5-12-3-1-2-4-13(12)9-15/h1-10,21H,11H2,(H,22,23). The van der Waals surface area contributed by atoms with Crippen LogP contribution in [0.3, 0.4) is 0 Å². The van der Waals surface area contributed by atoms with E-state index in [2.05, 4.69) is 10.6 Å². The molecule has 3 nitrogen and oxygen atoms in total. The quantitative estimate of drug-likeness (QED) is 0.683. The molecular formula is C18H14Cl2N2O. The maximum Gasteiger partial charge on any atom is 0.243 e. The SMILES string of the molecule is O=C(CNc1ccc(Cl)cc1Cl)Nc1ccc2ccccc2c1. The van der Waals surface area contributed by atoms with Gasteiger partial charge in [-0.2, -0.15) is 0 Å². The topological polar surface area (TPSA) is 41.1 Å². The fourth-order valence-electron chi connectivity index (χ4n) is 2.28. The molecule has 2 N–H and O–H groups in total. The van der Waals surface area contributed by atoms with Crippen molar-refractivity contribution in [3.05, 3.63) is 70.7 Å². The zero-order valence-electron chi connectivity index (χ0n) is 12.1. The number of benzene rings is 3. The maximum atomic E-state index is 12.1. The van der Waals surface area contributed by atoms with Crippen LogP contribution in [0.25, 0.3) is 10.8 Å². The van der Waals surface area contributed by atoms with Gasteiger partial charge in [-0.15, -0.1) is 0 Å². The van der Waals surface area contributed by atoms with E-state index in [1.54, 1.807) is 18.2 Å². The second-order valence-corrected chi connectivity index (χ2v) is 5.93. The van der Waals surface area contributed by atoms with Crippen molar-refractivity contribution in [2.24, 2.45) is 0 Å². The number of carbonyl (C=O) groups is 1. The van der Waals surface area contributed by atoms with Gasteiger partial charge in [-0.1, -0.05) is 53.5 Å². The number of amides is 1. The highest BCUT2D eigenvalue weighted by atomic mass is 35.5. The van der Waals surface area contributed by atoms with E-state index in [0.29, 0.717) is 15.7 Å². The fourth-order valence-corrected chi connectivity index (χ4v) is 2.76. The molecule has 0 atom stereocenters. The van der Waals surface area contributed by atoms with Crippen molar-refractivity contribution >= 4 is 51.3 Å². The third-order valence-corrected chi connectivity index (χ3v) is 3.95. The predicted molar refractivity (Wildman–Crippen MR) is 97.5 cm³/mol. The average Bonchev–Trinajstić information content (AvgIpc) is 2.54. The van der Waals surface area contributed by atoms with Crippen molar-refractivity contribution in [3.63, 3.8) is 0 Å². The molecule has 0 saturated heterocycles. The molecule has 0 fully saturated rings. The molecule has 0 spiro atoms. The lowest BCUT2D eigenvalue weighted by Crippen LogP contribution is -2.21. The number of carbonyl (C=O) groups excluding carboxylic acids is 1. The highest BCUT2D eigenvalue weighted by Gasteiger charge is 2.05. The molecule has 0 aromatic heterocycles. The molecule has 3 aromatic carbocycles. The highest BCUT2D eigenvalue weighted by Crippen LogP contribution is 2.25. The third-order valence-electron chi connectivity index (χ3n) is 3.40. The molecule has 0 saturated carbocycles. The molecule has 116 valence electrons. The van der Waals surface area contributed by atoms with Gasteiger partial charge in [-0.05, 0) is 41.1 Å². The lowest BCUT2D eigenvalue weighted by atomic mass is 10.1. The van der Waals surface area contributed by atoms with Crippen molar-refractivity contribution in [3.8, 4) is 0 Å². The third kappa shape index (κ3) is 3.95. The van der Waals surface area contributed by atoms with Crippen LogP contribution in [0.5, 0.6) is 0 Å². The van der Waals surface area contributed by atoms with Gasteiger partial charge in [0.05, 0.1) is 17.3 Å². The van der Waals surface area contributed by atoms with E-state index in [1.807, 2.05) is 42.5 Å². The number of hydrogen-bond donors (Lipinski definition) is 2. The van der Waals surface area contributed by atoms with Crippen LogP contribution in [0.15, 0.2) is 60.7 Å². The Hall–Kier alpha value is -2.23. The summed E-state index contributed by atoms with van der Waals surface area (Å²) in [5.41, 5.74) is 1.43. The average molecular weight is 345 g/mol. The van der Waals surface area contributed by atoms with Gasteiger partial charge in [-0.3, -0.25) is 4.79 Å². The number of anilines is 2. The normalized spacial score (nSPS) is 10.5. The van der Waals surface area contributed by atoms with Crippen LogP contribution < -0.4 is 10.6 Å². The highest BCUT2D eigenvalue weighted by molar-refractivity contribution is 6.36.